The van der Waals surface area contributed by atoms with Crippen molar-refractivity contribution >= 4 is 11.6 Å². The summed E-state index contributed by atoms with van der Waals surface area (Å²) in [5, 5.41) is 0. The molecule has 0 radical (unpaired) electrons. The van der Waals surface area contributed by atoms with E-state index in [0.29, 0.717) is 6.61 Å². The number of nitrogen functional groups attached to an aromatic ring is 1. The average molecular weight is 367 g/mol. The lowest BCUT2D eigenvalue weighted by atomic mass is 9.91. The van der Waals surface area contributed by atoms with Gasteiger partial charge in [-0.2, -0.15) is 0 Å². The van der Waals surface area contributed by atoms with Crippen LogP contribution in [0.15, 0.2) is 36.7 Å². The first-order valence-corrected chi connectivity index (χ1v) is 10.2. The Morgan fingerprint density at radius 2 is 1.78 bits per heavy atom. The minimum Gasteiger partial charge on any atom is -0.399 e. The number of piperidine rings is 1. The topological polar surface area (TPSA) is 64.3 Å². The van der Waals surface area contributed by atoms with Crippen LogP contribution in [0.5, 0.6) is 0 Å². The largest absolute Gasteiger partial charge is 0.399 e. The molecule has 2 heterocycles. The van der Waals surface area contributed by atoms with Gasteiger partial charge in [0.1, 0.15) is 0 Å². The first-order chi connectivity index (χ1) is 13.2. The van der Waals surface area contributed by atoms with Gasteiger partial charge in [-0.25, -0.2) is 9.97 Å². The molecule has 2 aromatic rings. The standard InChI is InChI=1S/C22H30N4O/c1-2-16-12-24-22(25-13-16)26-9-7-18(8-10-26)21-11-19(21)15-27-14-17-3-5-20(23)6-4-17/h3-6,12-13,18-19,21H,2,7-11,14-15,23H2,1H3/t19-,21+/m0/s1. The van der Waals surface area contributed by atoms with Crippen LogP contribution in [-0.2, 0) is 17.8 Å². The molecule has 0 amide bonds. The van der Waals surface area contributed by atoms with E-state index in [1.165, 1.54) is 30.4 Å². The highest BCUT2D eigenvalue weighted by atomic mass is 16.5. The smallest absolute Gasteiger partial charge is 0.225 e. The number of ether oxygens (including phenoxy) is 1. The van der Waals surface area contributed by atoms with Crippen LogP contribution in [0.2, 0.25) is 0 Å². The quantitative estimate of drug-likeness (QED) is 0.757. The van der Waals surface area contributed by atoms with E-state index in [1.807, 2.05) is 36.7 Å². The Balaban J connectivity index is 1.18. The number of nitrogens with zero attached hydrogens (tertiary/aromatic N) is 3. The molecule has 5 heteroatoms. The van der Waals surface area contributed by atoms with Crippen LogP contribution in [0.4, 0.5) is 11.6 Å². The van der Waals surface area contributed by atoms with Crippen LogP contribution in [0.1, 0.15) is 37.3 Å². The van der Waals surface area contributed by atoms with E-state index >= 15 is 0 Å². The first-order valence-electron chi connectivity index (χ1n) is 10.2. The molecule has 1 aliphatic carbocycles. The SMILES string of the molecule is CCc1cnc(N2CCC([C@H]3C[C@H]3COCc3ccc(N)cc3)CC2)nc1. The molecule has 27 heavy (non-hydrogen) atoms. The maximum absolute atomic E-state index is 5.95. The van der Waals surface area contributed by atoms with Crippen molar-refractivity contribution in [2.75, 3.05) is 30.3 Å². The summed E-state index contributed by atoms with van der Waals surface area (Å²) in [7, 11) is 0. The summed E-state index contributed by atoms with van der Waals surface area (Å²) in [5.41, 5.74) is 8.93. The summed E-state index contributed by atoms with van der Waals surface area (Å²) in [5.74, 6) is 3.32. The molecule has 0 spiro atoms. The van der Waals surface area contributed by atoms with Gasteiger partial charge < -0.3 is 15.4 Å². The Labute approximate surface area is 162 Å². The maximum atomic E-state index is 5.95. The second kappa shape index (κ2) is 8.26. The van der Waals surface area contributed by atoms with Crippen LogP contribution in [0, 0.1) is 17.8 Å². The molecule has 5 nitrogen and oxygen atoms in total. The molecule has 1 saturated heterocycles. The number of aromatic nitrogens is 2. The monoisotopic (exact) mass is 366 g/mol. The zero-order valence-corrected chi connectivity index (χ0v) is 16.2. The van der Waals surface area contributed by atoms with E-state index < -0.39 is 0 Å². The van der Waals surface area contributed by atoms with E-state index in [-0.39, 0.29) is 0 Å². The van der Waals surface area contributed by atoms with E-state index in [2.05, 4.69) is 21.8 Å². The molecule has 2 fully saturated rings. The zero-order chi connectivity index (χ0) is 18.6. The lowest BCUT2D eigenvalue weighted by Crippen LogP contribution is -2.35. The van der Waals surface area contributed by atoms with Crippen LogP contribution in [-0.4, -0.2) is 29.7 Å². The van der Waals surface area contributed by atoms with Crippen molar-refractivity contribution < 1.29 is 4.74 Å². The molecular weight excluding hydrogens is 336 g/mol. The number of anilines is 2. The molecule has 0 bridgehead atoms. The summed E-state index contributed by atoms with van der Waals surface area (Å²) in [6.07, 6.45) is 8.74. The predicted molar refractivity (Wildman–Crippen MR) is 108 cm³/mol. The van der Waals surface area contributed by atoms with Gasteiger partial charge in [0.15, 0.2) is 0 Å². The van der Waals surface area contributed by atoms with Crippen LogP contribution >= 0.6 is 0 Å². The van der Waals surface area contributed by atoms with Gasteiger partial charge in [-0.15, -0.1) is 0 Å². The molecule has 1 aliphatic heterocycles. The molecule has 2 aliphatic rings. The Hall–Kier alpha value is -2.14. The van der Waals surface area contributed by atoms with Crippen LogP contribution in [0.3, 0.4) is 0 Å². The molecule has 1 saturated carbocycles. The summed E-state index contributed by atoms with van der Waals surface area (Å²) < 4.78 is 5.95. The fourth-order valence-electron chi connectivity index (χ4n) is 4.20. The lowest BCUT2D eigenvalue weighted by molar-refractivity contribution is 0.104. The predicted octanol–water partition coefficient (Wildman–Crippen LogP) is 3.69. The highest BCUT2D eigenvalue weighted by Gasteiger charge is 2.43. The molecule has 0 unspecified atom stereocenters. The molecule has 1 aromatic heterocycles. The third kappa shape index (κ3) is 4.59. The number of rotatable bonds is 7. The fourth-order valence-corrected chi connectivity index (χ4v) is 4.20. The minimum absolute atomic E-state index is 0.688. The van der Waals surface area contributed by atoms with Crippen molar-refractivity contribution in [3.63, 3.8) is 0 Å². The Morgan fingerprint density at radius 3 is 2.44 bits per heavy atom. The lowest BCUT2D eigenvalue weighted by Gasteiger charge is -2.32. The van der Waals surface area contributed by atoms with E-state index in [9.17, 15) is 0 Å². The van der Waals surface area contributed by atoms with Crippen molar-refractivity contribution in [1.82, 2.24) is 9.97 Å². The second-order valence-corrected chi connectivity index (χ2v) is 7.99. The Bertz CT molecular complexity index is 723. The normalized spacial score (nSPS) is 22.8. The van der Waals surface area contributed by atoms with Crippen molar-refractivity contribution in [3.05, 3.63) is 47.8 Å². The summed E-state index contributed by atoms with van der Waals surface area (Å²) in [4.78, 5) is 11.4. The summed E-state index contributed by atoms with van der Waals surface area (Å²) in [6.45, 7) is 5.86. The number of nitrogens with two attached hydrogens (primary N) is 1. The van der Waals surface area contributed by atoms with E-state index in [4.69, 9.17) is 10.5 Å². The number of hydrogen-bond acceptors (Lipinski definition) is 5. The van der Waals surface area contributed by atoms with Gasteiger partial charge in [-0.1, -0.05) is 19.1 Å². The molecule has 144 valence electrons. The van der Waals surface area contributed by atoms with Gasteiger partial charge in [0, 0.05) is 31.2 Å². The molecular formula is C22H30N4O. The third-order valence-electron chi connectivity index (χ3n) is 6.09. The number of aryl methyl sites for hydroxylation is 1. The van der Waals surface area contributed by atoms with Crippen molar-refractivity contribution in [3.8, 4) is 0 Å². The Morgan fingerprint density at radius 1 is 1.07 bits per heavy atom. The van der Waals surface area contributed by atoms with Crippen molar-refractivity contribution in [1.29, 1.82) is 0 Å². The minimum atomic E-state index is 0.688. The van der Waals surface area contributed by atoms with Gasteiger partial charge in [0.25, 0.3) is 0 Å². The van der Waals surface area contributed by atoms with Gasteiger partial charge in [-0.05, 0) is 66.7 Å². The second-order valence-electron chi connectivity index (χ2n) is 7.99. The molecule has 1 aromatic carbocycles. The van der Waals surface area contributed by atoms with Crippen molar-refractivity contribution in [2.45, 2.75) is 39.2 Å². The van der Waals surface area contributed by atoms with Gasteiger partial charge >= 0.3 is 0 Å². The zero-order valence-electron chi connectivity index (χ0n) is 16.2. The van der Waals surface area contributed by atoms with Crippen molar-refractivity contribution in [2.24, 2.45) is 17.8 Å². The van der Waals surface area contributed by atoms with E-state index in [0.717, 1.165) is 55.5 Å². The van der Waals surface area contributed by atoms with Gasteiger partial charge in [0.2, 0.25) is 5.95 Å². The first kappa shape index (κ1) is 18.2. The Kier molecular flexibility index (Phi) is 5.58. The third-order valence-corrected chi connectivity index (χ3v) is 6.09. The molecule has 2 N–H and O–H groups in total. The van der Waals surface area contributed by atoms with Gasteiger partial charge in [0.05, 0.1) is 13.2 Å². The highest BCUT2D eigenvalue weighted by molar-refractivity contribution is 5.39. The maximum Gasteiger partial charge on any atom is 0.225 e. The number of hydrogen-bond donors (Lipinski definition) is 1. The molecule has 2 atom stereocenters. The van der Waals surface area contributed by atoms with Crippen LogP contribution < -0.4 is 10.6 Å². The average Bonchev–Trinajstić information content (AvgIpc) is 3.49. The number of benzene rings is 1. The van der Waals surface area contributed by atoms with E-state index in [1.54, 1.807) is 0 Å². The highest BCUT2D eigenvalue weighted by Crippen LogP contribution is 2.48. The fraction of sp³-hybridized carbons (Fsp3) is 0.545. The summed E-state index contributed by atoms with van der Waals surface area (Å²) >= 11 is 0. The van der Waals surface area contributed by atoms with Crippen LogP contribution in [0.25, 0.3) is 0 Å². The van der Waals surface area contributed by atoms with Gasteiger partial charge in [-0.3, -0.25) is 0 Å². The molecule has 4 rings (SSSR count). The summed E-state index contributed by atoms with van der Waals surface area (Å²) in [6, 6.07) is 7.97.